The smallest absolute Gasteiger partial charge is 0.268 e. The van der Waals surface area contributed by atoms with Crippen molar-refractivity contribution in [2.24, 2.45) is 4.99 Å². The molecule has 0 bridgehead atoms. The van der Waals surface area contributed by atoms with Crippen LogP contribution in [0.5, 0.6) is 5.88 Å². The van der Waals surface area contributed by atoms with Crippen LogP contribution in [-0.4, -0.2) is 36.8 Å². The SMILES string of the molecule is CCCCc1c(O)n(CC)c2nc(=NCC)nc(SC)n2c1=O. The van der Waals surface area contributed by atoms with Crippen molar-refractivity contribution in [1.82, 2.24) is 18.9 Å². The van der Waals surface area contributed by atoms with Gasteiger partial charge in [-0.2, -0.15) is 9.97 Å². The highest BCUT2D eigenvalue weighted by Crippen LogP contribution is 2.19. The molecule has 0 spiro atoms. The maximum absolute atomic E-state index is 12.8. The fourth-order valence-electron chi connectivity index (χ4n) is 2.45. The minimum Gasteiger partial charge on any atom is -0.494 e. The molecule has 0 aliphatic rings. The van der Waals surface area contributed by atoms with E-state index in [0.717, 1.165) is 12.8 Å². The predicted molar refractivity (Wildman–Crippen MR) is 91.1 cm³/mol. The zero-order valence-electron chi connectivity index (χ0n) is 14.0. The molecular formula is C15H23N5O2S. The maximum Gasteiger partial charge on any atom is 0.268 e. The zero-order valence-corrected chi connectivity index (χ0v) is 14.9. The fourth-order valence-corrected chi connectivity index (χ4v) is 2.97. The van der Waals surface area contributed by atoms with Gasteiger partial charge in [-0.3, -0.25) is 9.36 Å². The molecule has 7 nitrogen and oxygen atoms in total. The molecule has 126 valence electrons. The monoisotopic (exact) mass is 337 g/mol. The summed E-state index contributed by atoms with van der Waals surface area (Å²) >= 11 is 1.37. The minimum atomic E-state index is -0.247. The van der Waals surface area contributed by atoms with Gasteiger partial charge in [0.25, 0.3) is 5.56 Å². The Bertz CT molecular complexity index is 825. The van der Waals surface area contributed by atoms with Crippen LogP contribution < -0.4 is 11.2 Å². The van der Waals surface area contributed by atoms with E-state index in [-0.39, 0.29) is 11.4 Å². The maximum atomic E-state index is 12.8. The summed E-state index contributed by atoms with van der Waals surface area (Å²) in [6.45, 7) is 6.92. The molecule has 0 unspecified atom stereocenters. The molecule has 0 saturated heterocycles. The van der Waals surface area contributed by atoms with Crippen molar-refractivity contribution >= 4 is 17.5 Å². The summed E-state index contributed by atoms with van der Waals surface area (Å²) in [5.74, 6) is 0.376. The van der Waals surface area contributed by atoms with E-state index in [1.807, 2.05) is 20.1 Å². The van der Waals surface area contributed by atoms with Crippen LogP contribution in [-0.2, 0) is 13.0 Å². The molecule has 1 N–H and O–H groups in total. The number of hydrogen-bond acceptors (Lipinski definition) is 6. The third-order valence-electron chi connectivity index (χ3n) is 3.59. The third kappa shape index (κ3) is 3.26. The van der Waals surface area contributed by atoms with Crippen LogP contribution in [0.15, 0.2) is 14.9 Å². The van der Waals surface area contributed by atoms with E-state index in [9.17, 15) is 9.90 Å². The number of hydrogen-bond donors (Lipinski definition) is 1. The number of nitrogens with zero attached hydrogens (tertiary/aromatic N) is 5. The van der Waals surface area contributed by atoms with E-state index < -0.39 is 0 Å². The van der Waals surface area contributed by atoms with Crippen molar-refractivity contribution in [1.29, 1.82) is 0 Å². The van der Waals surface area contributed by atoms with Crippen molar-refractivity contribution < 1.29 is 5.11 Å². The van der Waals surface area contributed by atoms with E-state index in [0.29, 0.717) is 41.6 Å². The summed E-state index contributed by atoms with van der Waals surface area (Å²) in [5, 5.41) is 11.1. The van der Waals surface area contributed by atoms with Crippen molar-refractivity contribution in [3.63, 3.8) is 0 Å². The van der Waals surface area contributed by atoms with Gasteiger partial charge in [-0.15, -0.1) is 0 Å². The summed E-state index contributed by atoms with van der Waals surface area (Å²) in [6.07, 6.45) is 4.20. The van der Waals surface area contributed by atoms with Crippen molar-refractivity contribution in [2.45, 2.75) is 51.7 Å². The molecule has 2 aromatic rings. The Morgan fingerprint density at radius 3 is 2.57 bits per heavy atom. The first-order chi connectivity index (χ1) is 11.1. The highest BCUT2D eigenvalue weighted by atomic mass is 32.2. The van der Waals surface area contributed by atoms with Crippen molar-refractivity contribution in [3.8, 4) is 5.88 Å². The van der Waals surface area contributed by atoms with Gasteiger partial charge in [-0.25, -0.2) is 9.39 Å². The van der Waals surface area contributed by atoms with Gasteiger partial charge in [0.05, 0.1) is 5.56 Å². The van der Waals surface area contributed by atoms with Crippen molar-refractivity contribution in [3.05, 3.63) is 21.5 Å². The lowest BCUT2D eigenvalue weighted by Gasteiger charge is -2.16. The highest BCUT2D eigenvalue weighted by molar-refractivity contribution is 7.98. The molecular weight excluding hydrogens is 314 g/mol. The number of thioether (sulfide) groups is 1. The second kappa shape index (κ2) is 7.63. The fraction of sp³-hybridized carbons (Fsp3) is 0.600. The van der Waals surface area contributed by atoms with Crippen LogP contribution in [0.1, 0.15) is 39.2 Å². The van der Waals surface area contributed by atoms with Crippen LogP contribution in [0.3, 0.4) is 0 Å². The number of fused-ring (bicyclic) bond motifs is 1. The minimum absolute atomic E-state index is 0.000786. The molecule has 0 saturated carbocycles. The first kappa shape index (κ1) is 17.5. The largest absolute Gasteiger partial charge is 0.494 e. The Kier molecular flexibility index (Phi) is 5.81. The number of aromatic hydroxyl groups is 1. The molecule has 0 atom stereocenters. The molecule has 2 rings (SSSR count). The number of unbranched alkanes of at least 4 members (excludes halogenated alkanes) is 1. The molecule has 0 amide bonds. The molecule has 2 heterocycles. The highest BCUT2D eigenvalue weighted by Gasteiger charge is 2.18. The van der Waals surface area contributed by atoms with Crippen LogP contribution in [0.4, 0.5) is 0 Å². The van der Waals surface area contributed by atoms with Gasteiger partial charge >= 0.3 is 0 Å². The first-order valence-electron chi connectivity index (χ1n) is 7.88. The van der Waals surface area contributed by atoms with Gasteiger partial charge in [-0.05, 0) is 32.9 Å². The zero-order chi connectivity index (χ0) is 17.0. The van der Waals surface area contributed by atoms with E-state index in [1.54, 1.807) is 4.57 Å². The van der Waals surface area contributed by atoms with E-state index in [4.69, 9.17) is 0 Å². The lowest BCUT2D eigenvalue weighted by Crippen LogP contribution is -2.30. The average molecular weight is 337 g/mol. The van der Waals surface area contributed by atoms with Gasteiger partial charge < -0.3 is 5.11 Å². The van der Waals surface area contributed by atoms with Gasteiger partial charge in [0.15, 0.2) is 5.16 Å². The Morgan fingerprint density at radius 2 is 2.00 bits per heavy atom. The van der Waals surface area contributed by atoms with Crippen LogP contribution in [0, 0.1) is 0 Å². The quantitative estimate of drug-likeness (QED) is 0.809. The number of rotatable bonds is 6. The first-order valence-corrected chi connectivity index (χ1v) is 9.11. The summed E-state index contributed by atoms with van der Waals surface area (Å²) in [6, 6.07) is 0. The lowest BCUT2D eigenvalue weighted by molar-refractivity contribution is 0.404. The Morgan fingerprint density at radius 1 is 1.26 bits per heavy atom. The average Bonchev–Trinajstić information content (AvgIpc) is 2.54. The van der Waals surface area contributed by atoms with E-state index in [2.05, 4.69) is 21.9 Å². The number of aryl methyl sites for hydroxylation is 1. The number of aromatic nitrogens is 4. The molecule has 23 heavy (non-hydrogen) atoms. The molecule has 0 aliphatic heterocycles. The van der Waals surface area contributed by atoms with Gasteiger partial charge in [0.2, 0.25) is 17.3 Å². The molecule has 2 aromatic heterocycles. The normalized spacial score (nSPS) is 12.3. The van der Waals surface area contributed by atoms with Gasteiger partial charge in [0, 0.05) is 13.1 Å². The Hall–Kier alpha value is -1.83. The predicted octanol–water partition coefficient (Wildman–Crippen LogP) is 1.60. The van der Waals surface area contributed by atoms with E-state index in [1.165, 1.54) is 16.2 Å². The Labute approximate surface area is 139 Å². The third-order valence-corrected chi connectivity index (χ3v) is 4.23. The molecule has 8 heteroatoms. The molecule has 0 aliphatic carbocycles. The lowest BCUT2D eigenvalue weighted by atomic mass is 10.1. The summed E-state index contributed by atoms with van der Waals surface area (Å²) in [7, 11) is 0. The van der Waals surface area contributed by atoms with E-state index >= 15 is 0 Å². The second-order valence-corrected chi connectivity index (χ2v) is 5.85. The topological polar surface area (TPSA) is 84.8 Å². The summed E-state index contributed by atoms with van der Waals surface area (Å²) in [4.78, 5) is 25.8. The standard InChI is InChI=1S/C15H23N5O2S/c1-5-8-9-10-11(21)19(7-3)14-17-13(16-6-2)18-15(23-4)20(14)12(10)22/h21H,5-9H2,1-4H3. The van der Waals surface area contributed by atoms with Crippen LogP contribution in [0.2, 0.25) is 0 Å². The van der Waals surface area contributed by atoms with Crippen molar-refractivity contribution in [2.75, 3.05) is 12.8 Å². The summed E-state index contributed by atoms with van der Waals surface area (Å²) in [5.41, 5.74) is 0.507. The van der Waals surface area contributed by atoms with Crippen LogP contribution in [0.25, 0.3) is 5.78 Å². The molecule has 0 radical (unpaired) electrons. The molecule has 0 aromatic carbocycles. The molecule has 0 fully saturated rings. The second-order valence-electron chi connectivity index (χ2n) is 5.08. The summed E-state index contributed by atoms with van der Waals surface area (Å²) < 4.78 is 3.12. The van der Waals surface area contributed by atoms with Crippen LogP contribution >= 0.6 is 11.8 Å². The van der Waals surface area contributed by atoms with Gasteiger partial charge in [-0.1, -0.05) is 25.1 Å². The Balaban J connectivity index is 2.93. The van der Waals surface area contributed by atoms with Gasteiger partial charge in [0.1, 0.15) is 0 Å².